The minimum absolute atomic E-state index is 0.0123. The van der Waals surface area contributed by atoms with E-state index in [0.29, 0.717) is 37.5 Å². The Balaban J connectivity index is 1.70. The molecule has 1 atom stereocenters. The molecule has 0 bridgehead atoms. The molecule has 4 rings (SSSR count). The fourth-order valence-electron chi connectivity index (χ4n) is 3.57. The summed E-state index contributed by atoms with van der Waals surface area (Å²) in [4.78, 5) is 11.9. The third kappa shape index (κ3) is 2.98. The van der Waals surface area contributed by atoms with Gasteiger partial charge in [0.2, 0.25) is 0 Å². The van der Waals surface area contributed by atoms with Gasteiger partial charge >= 0.3 is 5.97 Å². The first-order chi connectivity index (χ1) is 12.7. The fourth-order valence-corrected chi connectivity index (χ4v) is 3.57. The Morgan fingerprint density at radius 2 is 2.23 bits per heavy atom. The molecule has 0 spiro atoms. The second-order valence-electron chi connectivity index (χ2n) is 6.45. The molecule has 2 aliphatic rings. The normalized spacial score (nSPS) is 18.5. The minimum atomic E-state index is -0.435. The summed E-state index contributed by atoms with van der Waals surface area (Å²) in [5, 5.41) is 14.3. The van der Waals surface area contributed by atoms with Crippen LogP contribution in [-0.4, -0.2) is 48.8 Å². The van der Waals surface area contributed by atoms with Crippen LogP contribution in [0.1, 0.15) is 27.0 Å². The highest BCUT2D eigenvalue weighted by Crippen LogP contribution is 2.36. The predicted molar refractivity (Wildman–Crippen MR) is 91.7 cm³/mol. The molecule has 0 radical (unpaired) electrons. The molecule has 1 aliphatic carbocycles. The van der Waals surface area contributed by atoms with E-state index in [1.54, 1.807) is 6.07 Å². The summed E-state index contributed by atoms with van der Waals surface area (Å²) < 4.78 is 17.8. The molecule has 1 fully saturated rings. The first-order valence-corrected chi connectivity index (χ1v) is 8.61. The van der Waals surface area contributed by atoms with Crippen LogP contribution in [0.4, 0.5) is 0 Å². The molecule has 134 valence electrons. The van der Waals surface area contributed by atoms with Crippen LogP contribution in [0.3, 0.4) is 0 Å². The Bertz CT molecular complexity index is 891. The highest BCUT2D eigenvalue weighted by atomic mass is 16.6. The summed E-state index contributed by atoms with van der Waals surface area (Å²) in [5.41, 5.74) is 4.55. The molecule has 26 heavy (non-hydrogen) atoms. The van der Waals surface area contributed by atoms with E-state index < -0.39 is 5.97 Å². The number of aryl methyl sites for hydroxylation is 2. The standard InChI is InChI=1S/C19H19N3O4/c1-24-19(23)14-6-12-2-3-13-9-22(10-16-11-25-4-5-26-16)21-18(13)17(12)15(7-14)8-20/h6-7,9,16H,2-5,10-11H2,1H3/t16-/m0/s1. The van der Waals surface area contributed by atoms with E-state index in [0.717, 1.165) is 35.2 Å². The van der Waals surface area contributed by atoms with Gasteiger partial charge in [-0.25, -0.2) is 4.79 Å². The summed E-state index contributed by atoms with van der Waals surface area (Å²) >= 11 is 0. The van der Waals surface area contributed by atoms with Crippen LogP contribution in [0.15, 0.2) is 18.3 Å². The van der Waals surface area contributed by atoms with E-state index >= 15 is 0 Å². The van der Waals surface area contributed by atoms with Crippen molar-refractivity contribution in [3.8, 4) is 17.3 Å². The number of carbonyl (C=O) groups excluding carboxylic acids is 1. The Hall–Kier alpha value is -2.69. The number of fused-ring (bicyclic) bond motifs is 3. The zero-order valence-corrected chi connectivity index (χ0v) is 14.5. The smallest absolute Gasteiger partial charge is 0.337 e. The molecule has 0 unspecified atom stereocenters. The maximum atomic E-state index is 11.9. The number of ether oxygens (including phenoxy) is 3. The highest BCUT2D eigenvalue weighted by Gasteiger charge is 2.26. The van der Waals surface area contributed by atoms with Crippen molar-refractivity contribution in [3.05, 3.63) is 40.6 Å². The van der Waals surface area contributed by atoms with Gasteiger partial charge in [0.15, 0.2) is 0 Å². The molecule has 1 saturated heterocycles. The molecule has 0 saturated carbocycles. The predicted octanol–water partition coefficient (Wildman–Crippen LogP) is 1.72. The van der Waals surface area contributed by atoms with E-state index in [4.69, 9.17) is 19.3 Å². The third-order valence-electron chi connectivity index (χ3n) is 4.78. The lowest BCUT2D eigenvalue weighted by Crippen LogP contribution is -2.32. The van der Waals surface area contributed by atoms with Crippen molar-refractivity contribution in [1.29, 1.82) is 5.26 Å². The third-order valence-corrected chi connectivity index (χ3v) is 4.78. The topological polar surface area (TPSA) is 86.4 Å². The van der Waals surface area contributed by atoms with Crippen molar-refractivity contribution in [3.63, 3.8) is 0 Å². The SMILES string of the molecule is COC(=O)c1cc(C#N)c2c(c1)CCc1cn(C[C@H]3COCCO3)nc1-2. The first-order valence-electron chi connectivity index (χ1n) is 8.61. The molecule has 1 aliphatic heterocycles. The van der Waals surface area contributed by atoms with Gasteiger partial charge in [0.05, 0.1) is 56.4 Å². The molecule has 1 aromatic carbocycles. The first kappa shape index (κ1) is 16.8. The van der Waals surface area contributed by atoms with Crippen LogP contribution >= 0.6 is 0 Å². The van der Waals surface area contributed by atoms with Gasteiger partial charge in [-0.1, -0.05) is 0 Å². The Labute approximate surface area is 151 Å². The Morgan fingerprint density at radius 1 is 1.38 bits per heavy atom. The summed E-state index contributed by atoms with van der Waals surface area (Å²) in [5.74, 6) is -0.435. The molecule has 1 aromatic heterocycles. The zero-order valence-electron chi connectivity index (χ0n) is 14.5. The second kappa shape index (κ2) is 6.90. The Kier molecular flexibility index (Phi) is 4.45. The number of esters is 1. The molecule has 0 N–H and O–H groups in total. The number of benzene rings is 1. The van der Waals surface area contributed by atoms with Crippen molar-refractivity contribution in [2.45, 2.75) is 25.5 Å². The number of aromatic nitrogens is 2. The van der Waals surface area contributed by atoms with E-state index in [9.17, 15) is 10.1 Å². The van der Waals surface area contributed by atoms with E-state index in [1.165, 1.54) is 7.11 Å². The zero-order chi connectivity index (χ0) is 18.1. The average molecular weight is 353 g/mol. The van der Waals surface area contributed by atoms with E-state index in [1.807, 2.05) is 16.9 Å². The number of nitrogens with zero attached hydrogens (tertiary/aromatic N) is 3. The maximum absolute atomic E-state index is 11.9. The van der Waals surface area contributed by atoms with Gasteiger partial charge in [0.25, 0.3) is 0 Å². The van der Waals surface area contributed by atoms with Crippen molar-refractivity contribution < 1.29 is 19.0 Å². The van der Waals surface area contributed by atoms with Crippen LogP contribution in [0.2, 0.25) is 0 Å². The van der Waals surface area contributed by atoms with Crippen molar-refractivity contribution in [2.75, 3.05) is 26.9 Å². The van der Waals surface area contributed by atoms with Crippen molar-refractivity contribution in [1.82, 2.24) is 9.78 Å². The summed E-state index contributed by atoms with van der Waals surface area (Å²) in [6, 6.07) is 5.59. The Morgan fingerprint density at radius 3 is 2.96 bits per heavy atom. The van der Waals surface area contributed by atoms with Gasteiger partial charge in [-0.3, -0.25) is 4.68 Å². The fraction of sp³-hybridized carbons (Fsp3) is 0.421. The van der Waals surface area contributed by atoms with Crippen LogP contribution in [-0.2, 0) is 33.6 Å². The molecular formula is C19H19N3O4. The van der Waals surface area contributed by atoms with Gasteiger partial charge in [-0.15, -0.1) is 0 Å². The van der Waals surface area contributed by atoms with Crippen LogP contribution in [0.5, 0.6) is 0 Å². The maximum Gasteiger partial charge on any atom is 0.337 e. The lowest BCUT2D eigenvalue weighted by atomic mass is 9.86. The largest absolute Gasteiger partial charge is 0.465 e. The van der Waals surface area contributed by atoms with Crippen molar-refractivity contribution >= 4 is 5.97 Å². The molecule has 7 nitrogen and oxygen atoms in total. The van der Waals surface area contributed by atoms with Crippen molar-refractivity contribution in [2.24, 2.45) is 0 Å². The van der Waals surface area contributed by atoms with Gasteiger partial charge in [-0.2, -0.15) is 10.4 Å². The molecular weight excluding hydrogens is 334 g/mol. The minimum Gasteiger partial charge on any atom is -0.465 e. The molecule has 2 heterocycles. The number of nitriles is 1. The van der Waals surface area contributed by atoms with E-state index in [2.05, 4.69) is 6.07 Å². The number of rotatable bonds is 3. The molecule has 0 amide bonds. The molecule has 2 aromatic rings. The van der Waals surface area contributed by atoms with Gasteiger partial charge in [0.1, 0.15) is 6.10 Å². The van der Waals surface area contributed by atoms with Gasteiger partial charge in [0, 0.05) is 11.8 Å². The van der Waals surface area contributed by atoms with Crippen LogP contribution in [0.25, 0.3) is 11.3 Å². The molecule has 7 heteroatoms. The van der Waals surface area contributed by atoms with E-state index in [-0.39, 0.29) is 6.10 Å². The van der Waals surface area contributed by atoms with Crippen LogP contribution in [0, 0.1) is 11.3 Å². The number of carbonyl (C=O) groups is 1. The number of methoxy groups -OCH3 is 1. The van der Waals surface area contributed by atoms with Gasteiger partial charge in [-0.05, 0) is 36.1 Å². The number of hydrogen-bond donors (Lipinski definition) is 0. The summed E-state index contributed by atoms with van der Waals surface area (Å²) in [6.07, 6.45) is 3.59. The number of hydrogen-bond acceptors (Lipinski definition) is 6. The van der Waals surface area contributed by atoms with Gasteiger partial charge < -0.3 is 14.2 Å². The lowest BCUT2D eigenvalue weighted by Gasteiger charge is -2.22. The summed E-state index contributed by atoms with van der Waals surface area (Å²) in [6.45, 7) is 2.41. The lowest BCUT2D eigenvalue weighted by molar-refractivity contribution is -0.0946. The quantitative estimate of drug-likeness (QED) is 0.781. The highest BCUT2D eigenvalue weighted by molar-refractivity contribution is 5.92. The summed E-state index contributed by atoms with van der Waals surface area (Å²) in [7, 11) is 1.34. The average Bonchev–Trinajstić information content (AvgIpc) is 3.09. The van der Waals surface area contributed by atoms with Crippen LogP contribution < -0.4 is 0 Å². The second-order valence-corrected chi connectivity index (χ2v) is 6.45. The monoisotopic (exact) mass is 353 g/mol.